The Hall–Kier alpha value is -1.60. The second kappa shape index (κ2) is 6.91. The van der Waals surface area contributed by atoms with Gasteiger partial charge in [0.15, 0.2) is 0 Å². The molecule has 0 radical (unpaired) electrons. The Morgan fingerprint density at radius 2 is 2.00 bits per heavy atom. The van der Waals surface area contributed by atoms with Crippen LogP contribution >= 0.6 is 31.9 Å². The molecule has 0 aliphatic heterocycles. The summed E-state index contributed by atoms with van der Waals surface area (Å²) in [4.78, 5) is 10.5. The van der Waals surface area contributed by atoms with E-state index in [0.717, 1.165) is 21.5 Å². The van der Waals surface area contributed by atoms with Gasteiger partial charge in [-0.1, -0.05) is 22.0 Å². The molecule has 0 bridgehead atoms. The highest BCUT2D eigenvalue weighted by molar-refractivity contribution is 9.10. The zero-order valence-electron chi connectivity index (χ0n) is 11.1. The Labute approximate surface area is 138 Å². The van der Waals surface area contributed by atoms with Crippen molar-refractivity contribution < 1.29 is 9.66 Å². The molecule has 0 atom stereocenters. The molecule has 7 heteroatoms. The van der Waals surface area contributed by atoms with Crippen LogP contribution in [0.4, 0.5) is 11.4 Å². The van der Waals surface area contributed by atoms with Gasteiger partial charge >= 0.3 is 0 Å². The molecule has 0 saturated heterocycles. The number of rotatable bonds is 5. The molecule has 2 aromatic carbocycles. The van der Waals surface area contributed by atoms with Crippen LogP contribution in [0, 0.1) is 10.1 Å². The van der Waals surface area contributed by atoms with Gasteiger partial charge in [0.05, 0.1) is 16.5 Å². The van der Waals surface area contributed by atoms with Crippen LogP contribution in [0.1, 0.15) is 5.56 Å². The van der Waals surface area contributed by atoms with E-state index in [1.807, 2.05) is 24.3 Å². The SMILES string of the molecule is COc1cc(Br)cc(NCc2ccc(Br)c([N+](=O)[O-])c2)c1. The van der Waals surface area contributed by atoms with Crippen molar-refractivity contribution in [1.82, 2.24) is 0 Å². The first-order chi connectivity index (χ1) is 9.99. The fourth-order valence-electron chi connectivity index (χ4n) is 1.79. The standard InChI is InChI=1S/C14H12Br2N2O3/c1-21-12-6-10(15)5-11(7-12)17-8-9-2-3-13(16)14(4-9)18(19)20/h2-7,17H,8H2,1H3. The fraction of sp³-hybridized carbons (Fsp3) is 0.143. The molecule has 0 unspecified atom stereocenters. The van der Waals surface area contributed by atoms with Crippen molar-refractivity contribution in [3.63, 3.8) is 0 Å². The molecule has 1 N–H and O–H groups in total. The zero-order valence-corrected chi connectivity index (χ0v) is 14.3. The number of benzene rings is 2. The Morgan fingerprint density at radius 1 is 1.24 bits per heavy atom. The smallest absolute Gasteiger partial charge is 0.283 e. The Balaban J connectivity index is 2.15. The number of hydrogen-bond donors (Lipinski definition) is 1. The van der Waals surface area contributed by atoms with Gasteiger partial charge in [0.1, 0.15) is 5.75 Å². The minimum Gasteiger partial charge on any atom is -0.497 e. The van der Waals surface area contributed by atoms with Gasteiger partial charge in [-0.2, -0.15) is 0 Å². The quantitative estimate of drug-likeness (QED) is 0.565. The predicted molar refractivity (Wildman–Crippen MR) is 88.8 cm³/mol. The molecule has 0 fully saturated rings. The van der Waals surface area contributed by atoms with E-state index in [2.05, 4.69) is 37.2 Å². The molecule has 0 heterocycles. The number of anilines is 1. The van der Waals surface area contributed by atoms with E-state index in [1.165, 1.54) is 0 Å². The number of ether oxygens (including phenoxy) is 1. The molecule has 0 aliphatic carbocycles. The molecule has 0 amide bonds. The molecule has 0 saturated carbocycles. The molecular weight excluding hydrogens is 404 g/mol. The normalized spacial score (nSPS) is 10.2. The zero-order chi connectivity index (χ0) is 15.4. The van der Waals surface area contributed by atoms with Crippen LogP contribution in [0.5, 0.6) is 5.75 Å². The lowest BCUT2D eigenvalue weighted by molar-refractivity contribution is -0.385. The fourth-order valence-corrected chi connectivity index (χ4v) is 2.66. The number of halogens is 2. The van der Waals surface area contributed by atoms with Gasteiger partial charge in [0.25, 0.3) is 5.69 Å². The molecule has 5 nitrogen and oxygen atoms in total. The molecule has 0 aliphatic rings. The lowest BCUT2D eigenvalue weighted by Crippen LogP contribution is -2.01. The van der Waals surface area contributed by atoms with Crippen molar-refractivity contribution in [2.24, 2.45) is 0 Å². The van der Waals surface area contributed by atoms with Crippen molar-refractivity contribution in [2.45, 2.75) is 6.54 Å². The van der Waals surface area contributed by atoms with Crippen molar-refractivity contribution in [2.75, 3.05) is 12.4 Å². The van der Waals surface area contributed by atoms with E-state index >= 15 is 0 Å². The first-order valence-electron chi connectivity index (χ1n) is 6.01. The topological polar surface area (TPSA) is 64.4 Å². The second-order valence-corrected chi connectivity index (χ2v) is 6.05. The summed E-state index contributed by atoms with van der Waals surface area (Å²) < 4.78 is 6.56. The number of nitro groups is 1. The summed E-state index contributed by atoms with van der Waals surface area (Å²) in [6, 6.07) is 10.7. The molecule has 2 rings (SSSR count). The van der Waals surface area contributed by atoms with Crippen LogP contribution in [-0.2, 0) is 6.54 Å². The summed E-state index contributed by atoms with van der Waals surface area (Å²) >= 11 is 6.58. The first kappa shape index (κ1) is 15.8. The largest absolute Gasteiger partial charge is 0.497 e. The van der Waals surface area contributed by atoms with E-state index in [-0.39, 0.29) is 5.69 Å². The van der Waals surface area contributed by atoms with E-state index in [4.69, 9.17) is 4.74 Å². The van der Waals surface area contributed by atoms with Gasteiger partial charge in [-0.25, -0.2) is 0 Å². The van der Waals surface area contributed by atoms with Crippen molar-refractivity contribution in [1.29, 1.82) is 0 Å². The van der Waals surface area contributed by atoms with Crippen LogP contribution in [0.3, 0.4) is 0 Å². The van der Waals surface area contributed by atoms with Crippen LogP contribution in [0.25, 0.3) is 0 Å². The van der Waals surface area contributed by atoms with Gasteiger partial charge in [-0.3, -0.25) is 10.1 Å². The van der Waals surface area contributed by atoms with E-state index in [0.29, 0.717) is 11.0 Å². The van der Waals surface area contributed by atoms with Crippen LogP contribution in [0.15, 0.2) is 45.3 Å². The maximum absolute atomic E-state index is 10.9. The molecule has 2 aromatic rings. The summed E-state index contributed by atoms with van der Waals surface area (Å²) in [5.74, 6) is 0.730. The molecule has 110 valence electrons. The number of nitro benzene ring substituents is 1. The van der Waals surface area contributed by atoms with Crippen molar-refractivity contribution in [3.05, 3.63) is 61.0 Å². The average Bonchev–Trinajstić information content (AvgIpc) is 2.45. The van der Waals surface area contributed by atoms with E-state index in [9.17, 15) is 10.1 Å². The van der Waals surface area contributed by atoms with Gasteiger partial charge in [0.2, 0.25) is 0 Å². The second-order valence-electron chi connectivity index (χ2n) is 4.28. The van der Waals surface area contributed by atoms with Crippen LogP contribution in [-0.4, -0.2) is 12.0 Å². The molecular formula is C14H12Br2N2O3. The highest BCUT2D eigenvalue weighted by Gasteiger charge is 2.12. The summed E-state index contributed by atoms with van der Waals surface area (Å²) in [6.07, 6.45) is 0. The summed E-state index contributed by atoms with van der Waals surface area (Å²) in [6.45, 7) is 0.480. The number of hydrogen-bond acceptors (Lipinski definition) is 4. The van der Waals surface area contributed by atoms with Crippen molar-refractivity contribution in [3.8, 4) is 5.75 Å². The third kappa shape index (κ3) is 4.18. The van der Waals surface area contributed by atoms with Gasteiger partial charge in [0, 0.05) is 28.8 Å². The minimum atomic E-state index is -0.407. The van der Waals surface area contributed by atoms with Gasteiger partial charge in [-0.05, 0) is 39.7 Å². The third-order valence-electron chi connectivity index (χ3n) is 2.81. The van der Waals surface area contributed by atoms with Gasteiger partial charge < -0.3 is 10.1 Å². The average molecular weight is 416 g/mol. The molecule has 21 heavy (non-hydrogen) atoms. The minimum absolute atomic E-state index is 0.0566. The Morgan fingerprint density at radius 3 is 2.67 bits per heavy atom. The Bertz CT molecular complexity index is 677. The highest BCUT2D eigenvalue weighted by Crippen LogP contribution is 2.27. The number of nitrogens with zero attached hydrogens (tertiary/aromatic N) is 1. The van der Waals surface area contributed by atoms with E-state index < -0.39 is 4.92 Å². The summed E-state index contributed by atoms with van der Waals surface area (Å²) in [5, 5.41) is 14.1. The lowest BCUT2D eigenvalue weighted by Gasteiger charge is -2.09. The summed E-state index contributed by atoms with van der Waals surface area (Å²) in [5.41, 5.74) is 1.75. The maximum Gasteiger partial charge on any atom is 0.283 e. The maximum atomic E-state index is 10.9. The van der Waals surface area contributed by atoms with E-state index in [1.54, 1.807) is 19.2 Å². The highest BCUT2D eigenvalue weighted by atomic mass is 79.9. The number of nitrogens with one attached hydrogen (secondary N) is 1. The summed E-state index contributed by atoms with van der Waals surface area (Å²) in [7, 11) is 1.60. The number of methoxy groups -OCH3 is 1. The van der Waals surface area contributed by atoms with Crippen LogP contribution in [0.2, 0.25) is 0 Å². The monoisotopic (exact) mass is 414 g/mol. The third-order valence-corrected chi connectivity index (χ3v) is 3.94. The predicted octanol–water partition coefficient (Wildman–Crippen LogP) is 4.74. The van der Waals surface area contributed by atoms with Crippen LogP contribution < -0.4 is 10.1 Å². The lowest BCUT2D eigenvalue weighted by atomic mass is 10.2. The molecule has 0 aromatic heterocycles. The van der Waals surface area contributed by atoms with Gasteiger partial charge in [-0.15, -0.1) is 0 Å². The first-order valence-corrected chi connectivity index (χ1v) is 7.59. The molecule has 0 spiro atoms. The Kier molecular flexibility index (Phi) is 5.19. The van der Waals surface area contributed by atoms with Crippen molar-refractivity contribution >= 4 is 43.2 Å².